The highest BCUT2D eigenvalue weighted by Gasteiger charge is 2.16. The van der Waals surface area contributed by atoms with E-state index in [1.54, 1.807) is 0 Å². The first kappa shape index (κ1) is 4.78. The number of aldehydes is 1. The average Bonchev–Trinajstić information content (AvgIpc) is 2.14. The number of carbonyl (C=O) groups excluding carboxylic acids is 1. The molecule has 1 rings (SSSR count). The molecule has 1 heterocycles. The standard InChI is InChI=1S/C5H8O2/c6-4-5-2-1-3-7-5/h4-5H,1-3H2/p+1/t5-/m1/s1. The summed E-state index contributed by atoms with van der Waals surface area (Å²) in [4.78, 5) is 8.32. The monoisotopic (exact) mass is 101 g/mol. The fraction of sp³-hybridized carbons (Fsp3) is 0.800. The normalized spacial score (nSPS) is 30.6. The summed E-state index contributed by atoms with van der Waals surface area (Å²) in [5.74, 6) is 0. The number of hydrogen-bond acceptors (Lipinski definition) is 1. The molecule has 0 spiro atoms. The van der Waals surface area contributed by atoms with Crippen molar-refractivity contribution in [3.63, 3.8) is 0 Å². The zero-order valence-electron chi connectivity index (χ0n) is 4.13. The van der Waals surface area contributed by atoms with Crippen LogP contribution < -0.4 is 0 Å². The van der Waals surface area contributed by atoms with E-state index in [-0.39, 0.29) is 6.10 Å². The molecule has 1 aliphatic heterocycles. The smallest absolute Gasteiger partial charge is 0.310 e. The first-order valence-electron chi connectivity index (χ1n) is 2.52. The van der Waals surface area contributed by atoms with Crippen LogP contribution in [0.3, 0.4) is 0 Å². The number of ether oxygens (including phenoxy) is 1. The molecule has 0 aliphatic carbocycles. The minimum Gasteiger partial charge on any atom is -0.365 e. The second kappa shape index (κ2) is 2.07. The lowest BCUT2D eigenvalue weighted by molar-refractivity contribution is 0.157. The van der Waals surface area contributed by atoms with Crippen LogP contribution in [-0.4, -0.2) is 23.8 Å². The quantitative estimate of drug-likeness (QED) is 0.346. The topological polar surface area (TPSA) is 30.6 Å². The summed E-state index contributed by atoms with van der Waals surface area (Å²) >= 11 is 0. The molecule has 1 fully saturated rings. The van der Waals surface area contributed by atoms with Crippen LogP contribution in [0.2, 0.25) is 0 Å². The maximum Gasteiger partial charge on any atom is 0.310 e. The van der Waals surface area contributed by atoms with E-state index >= 15 is 0 Å². The molecule has 7 heavy (non-hydrogen) atoms. The first-order chi connectivity index (χ1) is 3.43. The Morgan fingerprint density at radius 3 is 2.86 bits per heavy atom. The van der Waals surface area contributed by atoms with Crippen molar-refractivity contribution in [3.05, 3.63) is 0 Å². The minimum absolute atomic E-state index is 0.0278. The van der Waals surface area contributed by atoms with Crippen molar-refractivity contribution in [2.24, 2.45) is 0 Å². The van der Waals surface area contributed by atoms with Gasteiger partial charge in [0.15, 0.2) is 6.10 Å². The molecule has 1 atom stereocenters. The number of hydrogen-bond donors (Lipinski definition) is 0. The van der Waals surface area contributed by atoms with Gasteiger partial charge in [-0.25, -0.2) is 0 Å². The van der Waals surface area contributed by atoms with Gasteiger partial charge in [-0.2, -0.15) is 0 Å². The van der Waals surface area contributed by atoms with Crippen molar-refractivity contribution >= 4 is 6.29 Å². The van der Waals surface area contributed by atoms with Gasteiger partial charge in [0.2, 0.25) is 0 Å². The molecular weight excluding hydrogens is 92.1 g/mol. The van der Waals surface area contributed by atoms with Gasteiger partial charge in [0.1, 0.15) is 0 Å². The van der Waals surface area contributed by atoms with Crippen molar-refractivity contribution in [1.29, 1.82) is 0 Å². The van der Waals surface area contributed by atoms with Gasteiger partial charge in [-0.15, -0.1) is 0 Å². The molecule has 0 aromatic heterocycles. The van der Waals surface area contributed by atoms with E-state index < -0.39 is 0 Å². The fourth-order valence-electron chi connectivity index (χ4n) is 0.720. The van der Waals surface area contributed by atoms with Crippen LogP contribution in [-0.2, 0) is 4.74 Å². The lowest BCUT2D eigenvalue weighted by atomic mass is 10.3. The molecular formula is C5H9O2+. The molecule has 2 heteroatoms. The summed E-state index contributed by atoms with van der Waals surface area (Å²) in [7, 11) is 0. The Morgan fingerprint density at radius 2 is 2.57 bits per heavy atom. The Morgan fingerprint density at radius 1 is 1.71 bits per heavy atom. The van der Waals surface area contributed by atoms with Gasteiger partial charge < -0.3 is 4.74 Å². The Kier molecular flexibility index (Phi) is 1.42. The third kappa shape index (κ3) is 0.996. The summed E-state index contributed by atoms with van der Waals surface area (Å²) in [5, 5.41) is 0. The van der Waals surface area contributed by atoms with Crippen LogP contribution in [0, 0.1) is 0 Å². The Labute approximate surface area is 42.5 Å². The van der Waals surface area contributed by atoms with E-state index in [0.717, 1.165) is 25.7 Å². The lowest BCUT2D eigenvalue weighted by Gasteiger charge is -1.89. The molecule has 2 nitrogen and oxygen atoms in total. The molecule has 0 aromatic rings. The van der Waals surface area contributed by atoms with Gasteiger partial charge in [0.25, 0.3) is 0 Å². The van der Waals surface area contributed by atoms with Crippen LogP contribution in [0.1, 0.15) is 12.8 Å². The van der Waals surface area contributed by atoms with Gasteiger partial charge in [0, 0.05) is 6.61 Å². The van der Waals surface area contributed by atoms with Crippen molar-refractivity contribution < 1.29 is 9.53 Å². The molecule has 0 amide bonds. The van der Waals surface area contributed by atoms with Crippen molar-refractivity contribution in [3.8, 4) is 0 Å². The van der Waals surface area contributed by atoms with Crippen molar-refractivity contribution in [1.82, 2.24) is 0 Å². The Hall–Kier alpha value is -0.370. The molecule has 1 saturated heterocycles. The Balaban J connectivity index is 2.26. The van der Waals surface area contributed by atoms with E-state index in [2.05, 4.69) is 0 Å². The summed E-state index contributed by atoms with van der Waals surface area (Å²) in [6.07, 6.45) is 3.21. The Bertz CT molecular complexity index is 64.5. The van der Waals surface area contributed by atoms with Gasteiger partial charge in [-0.05, 0) is 12.8 Å². The molecule has 0 bridgehead atoms. The highest BCUT2D eigenvalue weighted by atomic mass is 16.5. The van der Waals surface area contributed by atoms with Crippen LogP contribution in [0.15, 0.2) is 0 Å². The average molecular weight is 101 g/mol. The van der Waals surface area contributed by atoms with Crippen molar-refractivity contribution in [2.75, 3.05) is 6.61 Å². The summed E-state index contributed by atoms with van der Waals surface area (Å²) < 4.78 is 5.00. The zero-order chi connectivity index (χ0) is 5.11. The fourth-order valence-corrected chi connectivity index (χ4v) is 0.720. The van der Waals surface area contributed by atoms with E-state index in [9.17, 15) is 0 Å². The summed E-state index contributed by atoms with van der Waals surface area (Å²) in [6.45, 7) is 0.807. The first-order valence-corrected chi connectivity index (χ1v) is 2.52. The van der Waals surface area contributed by atoms with Gasteiger partial charge >= 0.3 is 6.29 Å². The maximum absolute atomic E-state index is 8.32. The van der Waals surface area contributed by atoms with Crippen molar-refractivity contribution in [2.45, 2.75) is 18.9 Å². The van der Waals surface area contributed by atoms with Crippen LogP contribution in [0.25, 0.3) is 0 Å². The number of rotatable bonds is 1. The molecule has 40 valence electrons. The second-order valence-corrected chi connectivity index (χ2v) is 1.70. The van der Waals surface area contributed by atoms with E-state index in [1.165, 1.54) is 0 Å². The molecule has 0 saturated carbocycles. The van der Waals surface area contributed by atoms with E-state index in [4.69, 9.17) is 9.53 Å². The third-order valence-electron chi connectivity index (χ3n) is 1.13. The van der Waals surface area contributed by atoms with Gasteiger partial charge in [-0.3, -0.25) is 4.79 Å². The largest absolute Gasteiger partial charge is 0.365 e. The van der Waals surface area contributed by atoms with Crippen LogP contribution in [0.5, 0.6) is 0 Å². The van der Waals surface area contributed by atoms with Crippen LogP contribution >= 0.6 is 0 Å². The van der Waals surface area contributed by atoms with Crippen LogP contribution in [0.4, 0.5) is 0 Å². The predicted molar refractivity (Wildman–Crippen MR) is 27.0 cm³/mol. The van der Waals surface area contributed by atoms with E-state index in [0.29, 0.717) is 0 Å². The predicted octanol–water partition coefficient (Wildman–Crippen LogP) is 0.340. The molecule has 0 radical (unpaired) electrons. The maximum atomic E-state index is 8.32. The second-order valence-electron chi connectivity index (χ2n) is 1.70. The molecule has 1 aliphatic rings. The van der Waals surface area contributed by atoms with E-state index in [1.807, 2.05) is 0 Å². The summed E-state index contributed by atoms with van der Waals surface area (Å²) in [6, 6.07) is 0. The SMILES string of the molecule is [OH+]=C[C@H]1CCCO1. The lowest BCUT2D eigenvalue weighted by Crippen LogP contribution is -2.04. The van der Waals surface area contributed by atoms with Gasteiger partial charge in [-0.1, -0.05) is 0 Å². The molecule has 0 unspecified atom stereocenters. The van der Waals surface area contributed by atoms with Gasteiger partial charge in [0.05, 0.1) is 0 Å². The third-order valence-corrected chi connectivity index (χ3v) is 1.13. The molecule has 1 N–H and O–H groups in total. The molecule has 0 aromatic carbocycles. The summed E-state index contributed by atoms with van der Waals surface area (Å²) in [5.41, 5.74) is 0. The highest BCUT2D eigenvalue weighted by Crippen LogP contribution is 2.08. The minimum atomic E-state index is 0.0278. The highest BCUT2D eigenvalue weighted by molar-refractivity contribution is 5.57. The zero-order valence-corrected chi connectivity index (χ0v) is 4.13.